The van der Waals surface area contributed by atoms with E-state index in [0.717, 1.165) is 19.3 Å². The van der Waals surface area contributed by atoms with Crippen LogP contribution in [0.15, 0.2) is 4.99 Å². The summed E-state index contributed by atoms with van der Waals surface area (Å²) >= 11 is 0. The highest BCUT2D eigenvalue weighted by molar-refractivity contribution is 7.89. The molecule has 0 radical (unpaired) electrons. The van der Waals surface area contributed by atoms with Crippen LogP contribution in [-0.4, -0.2) is 64.7 Å². The van der Waals surface area contributed by atoms with Gasteiger partial charge in [-0.15, -0.1) is 0 Å². The Labute approximate surface area is 171 Å². The van der Waals surface area contributed by atoms with E-state index in [0.29, 0.717) is 32.0 Å². The number of nitrogens with zero attached hydrogens (tertiary/aromatic N) is 1. The molecule has 1 aliphatic carbocycles. The molecule has 1 unspecified atom stereocenters. The van der Waals surface area contributed by atoms with Crippen molar-refractivity contribution in [3.63, 3.8) is 0 Å². The molecule has 1 saturated carbocycles. The van der Waals surface area contributed by atoms with Gasteiger partial charge in [0.1, 0.15) is 0 Å². The van der Waals surface area contributed by atoms with Gasteiger partial charge in [0, 0.05) is 25.7 Å². The van der Waals surface area contributed by atoms with Crippen molar-refractivity contribution < 1.29 is 26.3 Å². The summed E-state index contributed by atoms with van der Waals surface area (Å²) < 4.78 is 70.7. The van der Waals surface area contributed by atoms with E-state index in [-0.39, 0.29) is 43.8 Å². The first-order valence-corrected chi connectivity index (χ1v) is 12.1. The van der Waals surface area contributed by atoms with Crippen molar-refractivity contribution in [2.24, 2.45) is 10.9 Å². The van der Waals surface area contributed by atoms with Crippen molar-refractivity contribution in [1.29, 1.82) is 0 Å². The Balaban J connectivity index is 1.76. The lowest BCUT2D eigenvalue weighted by atomic mass is 9.85. The fourth-order valence-electron chi connectivity index (χ4n) is 3.62. The first kappa shape index (κ1) is 24.2. The Kier molecular flexibility index (Phi) is 9.48. The van der Waals surface area contributed by atoms with E-state index in [9.17, 15) is 21.6 Å². The number of rotatable bonds is 8. The van der Waals surface area contributed by atoms with E-state index in [1.165, 1.54) is 0 Å². The van der Waals surface area contributed by atoms with Crippen LogP contribution in [0.2, 0.25) is 0 Å². The summed E-state index contributed by atoms with van der Waals surface area (Å²) in [5, 5.41) is 6.16. The van der Waals surface area contributed by atoms with Gasteiger partial charge in [0.25, 0.3) is 0 Å². The summed E-state index contributed by atoms with van der Waals surface area (Å²) in [6.07, 6.45) is -0.280. The molecule has 2 rings (SSSR count). The molecule has 7 nitrogen and oxygen atoms in total. The van der Waals surface area contributed by atoms with Gasteiger partial charge in [-0.2, -0.15) is 13.2 Å². The normalized spacial score (nSPS) is 26.9. The maximum Gasteiger partial charge on any atom is 0.391 e. The summed E-state index contributed by atoms with van der Waals surface area (Å²) in [5.41, 5.74) is 0. The third kappa shape index (κ3) is 9.08. The molecule has 0 aromatic heterocycles. The van der Waals surface area contributed by atoms with Crippen molar-refractivity contribution in [3.05, 3.63) is 0 Å². The van der Waals surface area contributed by atoms with Gasteiger partial charge >= 0.3 is 6.18 Å². The quantitative estimate of drug-likeness (QED) is 0.396. The van der Waals surface area contributed by atoms with Gasteiger partial charge in [0.2, 0.25) is 10.0 Å². The van der Waals surface area contributed by atoms with E-state index in [2.05, 4.69) is 20.3 Å². The van der Waals surface area contributed by atoms with Gasteiger partial charge in [-0.05, 0) is 51.9 Å². The second kappa shape index (κ2) is 11.4. The Morgan fingerprint density at radius 2 is 1.86 bits per heavy atom. The number of halogens is 3. The smallest absolute Gasteiger partial charge is 0.377 e. The lowest BCUT2D eigenvalue weighted by Crippen LogP contribution is -2.46. The fraction of sp³-hybridized carbons (Fsp3) is 0.944. The third-order valence-electron chi connectivity index (χ3n) is 5.31. The Hall–Kier alpha value is -1.07. The second-order valence-electron chi connectivity index (χ2n) is 7.65. The molecule has 0 aromatic rings. The zero-order valence-electron chi connectivity index (χ0n) is 16.9. The van der Waals surface area contributed by atoms with Crippen LogP contribution in [0.25, 0.3) is 0 Å². The van der Waals surface area contributed by atoms with Crippen LogP contribution in [0.1, 0.15) is 51.9 Å². The van der Waals surface area contributed by atoms with Gasteiger partial charge < -0.3 is 15.4 Å². The number of hydrogen-bond acceptors (Lipinski definition) is 4. The molecule has 11 heteroatoms. The fourth-order valence-corrected chi connectivity index (χ4v) is 4.53. The average Bonchev–Trinajstić information content (AvgIpc) is 2.67. The summed E-state index contributed by atoms with van der Waals surface area (Å²) in [6.45, 7) is 3.45. The largest absolute Gasteiger partial charge is 0.391 e. The van der Waals surface area contributed by atoms with Crippen molar-refractivity contribution in [1.82, 2.24) is 15.4 Å². The molecule has 0 aromatic carbocycles. The summed E-state index contributed by atoms with van der Waals surface area (Å²) in [7, 11) is -3.47. The molecule has 29 heavy (non-hydrogen) atoms. The molecule has 1 aliphatic heterocycles. The molecule has 170 valence electrons. The molecule has 1 heterocycles. The first-order valence-electron chi connectivity index (χ1n) is 10.4. The van der Waals surface area contributed by atoms with Crippen LogP contribution in [0.3, 0.4) is 0 Å². The van der Waals surface area contributed by atoms with Gasteiger partial charge in [0.05, 0.1) is 24.3 Å². The minimum Gasteiger partial charge on any atom is -0.377 e. The highest BCUT2D eigenvalue weighted by Gasteiger charge is 2.41. The summed E-state index contributed by atoms with van der Waals surface area (Å²) in [6, 6.07) is -0.0930. The zero-order valence-corrected chi connectivity index (χ0v) is 17.7. The maximum atomic E-state index is 12.8. The van der Waals surface area contributed by atoms with E-state index in [1.54, 1.807) is 0 Å². The number of aliphatic imine (C=N–C) groups is 1. The molecule has 0 amide bonds. The predicted octanol–water partition coefficient (Wildman–Crippen LogP) is 2.15. The summed E-state index contributed by atoms with van der Waals surface area (Å²) in [4.78, 5) is 4.28. The molecule has 2 fully saturated rings. The number of hydrogen-bond donors (Lipinski definition) is 3. The van der Waals surface area contributed by atoms with Gasteiger partial charge in [-0.3, -0.25) is 4.99 Å². The van der Waals surface area contributed by atoms with Gasteiger partial charge in [-0.1, -0.05) is 0 Å². The molecule has 1 atom stereocenters. The lowest BCUT2D eigenvalue weighted by Gasteiger charge is -2.31. The monoisotopic (exact) mass is 442 g/mol. The maximum absolute atomic E-state index is 12.8. The summed E-state index contributed by atoms with van der Waals surface area (Å²) in [5.74, 6) is -0.949. The standard InChI is InChI=1S/C18H33F3N4O3S/c1-2-22-17(25-15-8-6-14(7-9-15)18(19,20)21)23-10-12-29(26,27)24-13-16-5-3-4-11-28-16/h14-16,24H,2-13H2,1H3,(H2,22,23,25). The second-order valence-corrected chi connectivity index (χ2v) is 9.58. The highest BCUT2D eigenvalue weighted by Crippen LogP contribution is 2.37. The number of nitrogens with one attached hydrogen (secondary N) is 3. The van der Waals surface area contributed by atoms with E-state index >= 15 is 0 Å². The Bertz CT molecular complexity index is 614. The first-order chi connectivity index (χ1) is 13.7. The number of alkyl halides is 3. The molecular weight excluding hydrogens is 409 g/mol. The van der Waals surface area contributed by atoms with Crippen LogP contribution in [0, 0.1) is 5.92 Å². The Morgan fingerprint density at radius 1 is 1.14 bits per heavy atom. The number of guanidine groups is 1. The van der Waals surface area contributed by atoms with E-state index < -0.39 is 22.1 Å². The predicted molar refractivity (Wildman–Crippen MR) is 106 cm³/mol. The molecule has 1 saturated heterocycles. The number of ether oxygens (including phenoxy) is 1. The zero-order chi connectivity index (χ0) is 21.3. The minimum atomic E-state index is -4.13. The van der Waals surface area contributed by atoms with Crippen LogP contribution in [0.5, 0.6) is 0 Å². The topological polar surface area (TPSA) is 91.8 Å². The van der Waals surface area contributed by atoms with Crippen molar-refractivity contribution in [3.8, 4) is 0 Å². The van der Waals surface area contributed by atoms with Crippen LogP contribution >= 0.6 is 0 Å². The minimum absolute atomic E-state index is 0.0636. The SMILES string of the molecule is CCNC(=NCCS(=O)(=O)NCC1CCCCO1)NC1CCC(C(F)(F)F)CC1. The van der Waals surface area contributed by atoms with Crippen molar-refractivity contribution in [2.75, 3.05) is 32.0 Å². The Morgan fingerprint density at radius 3 is 2.45 bits per heavy atom. The molecular formula is C18H33F3N4O3S. The molecule has 0 bridgehead atoms. The molecule has 2 aliphatic rings. The molecule has 0 spiro atoms. The average molecular weight is 443 g/mol. The van der Waals surface area contributed by atoms with Crippen molar-refractivity contribution in [2.45, 2.75) is 70.2 Å². The van der Waals surface area contributed by atoms with Crippen LogP contribution in [-0.2, 0) is 14.8 Å². The number of sulfonamides is 1. The lowest BCUT2D eigenvalue weighted by molar-refractivity contribution is -0.182. The van der Waals surface area contributed by atoms with Gasteiger partial charge in [0.15, 0.2) is 5.96 Å². The third-order valence-corrected chi connectivity index (χ3v) is 6.64. The van der Waals surface area contributed by atoms with E-state index in [1.807, 2.05) is 6.92 Å². The van der Waals surface area contributed by atoms with Crippen LogP contribution in [0.4, 0.5) is 13.2 Å². The van der Waals surface area contributed by atoms with Crippen molar-refractivity contribution >= 4 is 16.0 Å². The highest BCUT2D eigenvalue weighted by atomic mass is 32.2. The van der Waals surface area contributed by atoms with Gasteiger partial charge in [-0.25, -0.2) is 13.1 Å². The van der Waals surface area contributed by atoms with Crippen LogP contribution < -0.4 is 15.4 Å². The molecule has 3 N–H and O–H groups in total. The van der Waals surface area contributed by atoms with E-state index in [4.69, 9.17) is 4.74 Å².